The number of carbonyl (C=O) groups is 1. The van der Waals surface area contributed by atoms with Crippen LogP contribution in [0.5, 0.6) is 5.75 Å². The average Bonchev–Trinajstić information content (AvgIpc) is 2.53. The number of nitrogens with one attached hydrogen (secondary N) is 1. The molecule has 0 unspecified atom stereocenters. The van der Waals surface area contributed by atoms with Crippen LogP contribution in [-0.4, -0.2) is 29.5 Å². The maximum absolute atomic E-state index is 12.4. The molecule has 0 saturated carbocycles. The molecule has 0 aliphatic carbocycles. The molecule has 3 N–H and O–H groups in total. The summed E-state index contributed by atoms with van der Waals surface area (Å²) in [7, 11) is 0. The maximum Gasteiger partial charge on any atom is 0.311 e. The van der Waals surface area contributed by atoms with Crippen molar-refractivity contribution < 1.29 is 14.5 Å². The Morgan fingerprint density at radius 2 is 1.96 bits per heavy atom. The first-order valence-electron chi connectivity index (χ1n) is 7.36. The zero-order valence-corrected chi connectivity index (χ0v) is 14.4. The lowest BCUT2D eigenvalue weighted by atomic mass is 9.92. The van der Waals surface area contributed by atoms with E-state index in [4.69, 9.17) is 10.5 Å². The Balaban J connectivity index is 0.00000484. The second-order valence-corrected chi connectivity index (χ2v) is 5.02. The van der Waals surface area contributed by atoms with Crippen molar-refractivity contribution in [1.82, 2.24) is 5.32 Å². The van der Waals surface area contributed by atoms with Gasteiger partial charge in [-0.25, -0.2) is 0 Å². The van der Waals surface area contributed by atoms with Crippen molar-refractivity contribution in [3.05, 3.63) is 33.9 Å². The summed E-state index contributed by atoms with van der Waals surface area (Å²) in [5.74, 6) is -0.222. The fraction of sp³-hybridized carbons (Fsp3) is 0.533. The highest BCUT2D eigenvalue weighted by Gasteiger charge is 2.28. The van der Waals surface area contributed by atoms with Crippen molar-refractivity contribution >= 4 is 24.0 Å². The van der Waals surface area contributed by atoms with Crippen LogP contribution in [0, 0.1) is 10.1 Å². The van der Waals surface area contributed by atoms with Gasteiger partial charge in [-0.1, -0.05) is 13.8 Å². The molecule has 1 aromatic carbocycles. The van der Waals surface area contributed by atoms with E-state index < -0.39 is 10.5 Å². The average molecular weight is 346 g/mol. The molecule has 130 valence electrons. The van der Waals surface area contributed by atoms with Crippen LogP contribution >= 0.6 is 12.4 Å². The fourth-order valence-electron chi connectivity index (χ4n) is 2.16. The quantitative estimate of drug-likeness (QED) is 0.556. The van der Waals surface area contributed by atoms with Gasteiger partial charge in [0.1, 0.15) is 0 Å². The summed E-state index contributed by atoms with van der Waals surface area (Å²) in [4.78, 5) is 22.9. The van der Waals surface area contributed by atoms with E-state index in [1.165, 1.54) is 18.2 Å². The van der Waals surface area contributed by atoms with Crippen LogP contribution in [0.15, 0.2) is 18.2 Å². The van der Waals surface area contributed by atoms with Crippen LogP contribution in [0.1, 0.15) is 44.0 Å². The molecule has 8 heteroatoms. The molecule has 0 aromatic heterocycles. The number of benzene rings is 1. The minimum absolute atomic E-state index is 0. The number of rotatable bonds is 8. The number of carbonyl (C=O) groups excluding carboxylic acids is 1. The number of amides is 1. The molecule has 23 heavy (non-hydrogen) atoms. The number of nitrogens with two attached hydrogens (primary N) is 1. The van der Waals surface area contributed by atoms with Crippen LogP contribution < -0.4 is 15.8 Å². The van der Waals surface area contributed by atoms with Gasteiger partial charge in [0.25, 0.3) is 5.91 Å². The maximum atomic E-state index is 12.4. The van der Waals surface area contributed by atoms with Gasteiger partial charge in [0.15, 0.2) is 5.75 Å². The highest BCUT2D eigenvalue weighted by Crippen LogP contribution is 2.28. The molecule has 1 aromatic rings. The minimum Gasteiger partial charge on any atom is -0.487 e. The van der Waals surface area contributed by atoms with E-state index in [0.29, 0.717) is 26.0 Å². The van der Waals surface area contributed by atoms with Crippen LogP contribution in [0.2, 0.25) is 0 Å². The van der Waals surface area contributed by atoms with Crippen molar-refractivity contribution in [3.8, 4) is 5.75 Å². The van der Waals surface area contributed by atoms with Crippen LogP contribution in [-0.2, 0) is 0 Å². The van der Waals surface area contributed by atoms with Crippen LogP contribution in [0.4, 0.5) is 5.69 Å². The van der Waals surface area contributed by atoms with Gasteiger partial charge < -0.3 is 15.8 Å². The molecule has 0 atom stereocenters. The van der Waals surface area contributed by atoms with Crippen molar-refractivity contribution in [1.29, 1.82) is 0 Å². The molecule has 1 amide bonds. The Morgan fingerprint density at radius 1 is 1.35 bits per heavy atom. The summed E-state index contributed by atoms with van der Waals surface area (Å²) in [6.45, 7) is 6.25. The first kappa shape index (κ1) is 21.1. The molecule has 0 spiro atoms. The predicted molar refractivity (Wildman–Crippen MR) is 91.3 cm³/mol. The molecular weight excluding hydrogens is 322 g/mol. The summed E-state index contributed by atoms with van der Waals surface area (Å²) >= 11 is 0. The van der Waals surface area contributed by atoms with Crippen molar-refractivity contribution in [3.63, 3.8) is 0 Å². The Hall–Kier alpha value is -1.86. The Labute approximate surface area is 142 Å². The van der Waals surface area contributed by atoms with E-state index in [0.717, 1.165) is 0 Å². The lowest BCUT2D eigenvalue weighted by Gasteiger charge is -2.31. The molecular formula is C15H24ClN3O4. The number of hydrogen-bond donors (Lipinski definition) is 2. The Morgan fingerprint density at radius 3 is 2.39 bits per heavy atom. The summed E-state index contributed by atoms with van der Waals surface area (Å²) in [5, 5.41) is 14.0. The molecule has 0 aliphatic heterocycles. The smallest absolute Gasteiger partial charge is 0.311 e. The van der Waals surface area contributed by atoms with E-state index in [9.17, 15) is 14.9 Å². The highest BCUT2D eigenvalue weighted by molar-refractivity contribution is 5.95. The highest BCUT2D eigenvalue weighted by atomic mass is 35.5. The first-order chi connectivity index (χ1) is 10.4. The van der Waals surface area contributed by atoms with Gasteiger partial charge in [0.2, 0.25) is 0 Å². The van der Waals surface area contributed by atoms with Gasteiger partial charge in [-0.15, -0.1) is 12.4 Å². The third-order valence-corrected chi connectivity index (χ3v) is 3.84. The number of halogens is 1. The van der Waals surface area contributed by atoms with Gasteiger partial charge in [-0.05, 0) is 31.9 Å². The largest absolute Gasteiger partial charge is 0.487 e. The monoisotopic (exact) mass is 345 g/mol. The molecule has 1 rings (SSSR count). The number of ether oxygens (including phenoxy) is 1. The molecule has 0 radical (unpaired) electrons. The number of nitro benzene ring substituents is 1. The fourth-order valence-corrected chi connectivity index (χ4v) is 2.16. The number of hydrogen-bond acceptors (Lipinski definition) is 5. The summed E-state index contributed by atoms with van der Waals surface area (Å²) < 4.78 is 5.20. The third kappa shape index (κ3) is 5.07. The predicted octanol–water partition coefficient (Wildman–Crippen LogP) is 2.66. The topological polar surface area (TPSA) is 107 Å². The van der Waals surface area contributed by atoms with E-state index in [2.05, 4.69) is 5.32 Å². The molecule has 0 heterocycles. The van der Waals surface area contributed by atoms with Crippen molar-refractivity contribution in [2.24, 2.45) is 5.73 Å². The standard InChI is InChI=1S/C15H23N3O4.ClH/c1-4-15(5-2,10-16)17-14(19)11-7-8-13(22-6-3)12(9-11)18(20)21;/h7-9H,4-6,10,16H2,1-3H3,(H,17,19);1H. The SMILES string of the molecule is CCOc1ccc(C(=O)NC(CC)(CC)CN)cc1[N+](=O)[O-].Cl. The second kappa shape index (κ2) is 9.32. The van der Waals surface area contributed by atoms with Crippen molar-refractivity contribution in [2.75, 3.05) is 13.2 Å². The number of nitrogens with zero attached hydrogens (tertiary/aromatic N) is 1. The van der Waals surface area contributed by atoms with E-state index in [-0.39, 0.29) is 35.3 Å². The van der Waals surface area contributed by atoms with Crippen LogP contribution in [0.25, 0.3) is 0 Å². The lowest BCUT2D eigenvalue weighted by Crippen LogP contribution is -2.52. The number of nitro groups is 1. The lowest BCUT2D eigenvalue weighted by molar-refractivity contribution is -0.385. The minimum atomic E-state index is -0.558. The summed E-state index contributed by atoms with van der Waals surface area (Å²) in [6, 6.07) is 4.19. The first-order valence-corrected chi connectivity index (χ1v) is 7.36. The third-order valence-electron chi connectivity index (χ3n) is 3.84. The van der Waals surface area contributed by atoms with Gasteiger partial charge in [-0.3, -0.25) is 14.9 Å². The summed E-state index contributed by atoms with van der Waals surface area (Å²) in [6.07, 6.45) is 1.37. The van der Waals surface area contributed by atoms with E-state index in [1.807, 2.05) is 13.8 Å². The zero-order valence-electron chi connectivity index (χ0n) is 13.6. The normalized spacial score (nSPS) is 10.6. The van der Waals surface area contributed by atoms with Gasteiger partial charge in [0.05, 0.1) is 17.1 Å². The van der Waals surface area contributed by atoms with Gasteiger partial charge in [0, 0.05) is 18.2 Å². The Bertz CT molecular complexity index is 539. The van der Waals surface area contributed by atoms with Crippen molar-refractivity contribution in [2.45, 2.75) is 39.2 Å². The van der Waals surface area contributed by atoms with E-state index in [1.54, 1.807) is 6.92 Å². The van der Waals surface area contributed by atoms with E-state index >= 15 is 0 Å². The molecule has 0 fully saturated rings. The summed E-state index contributed by atoms with van der Waals surface area (Å²) in [5.41, 5.74) is 5.25. The van der Waals surface area contributed by atoms with Gasteiger partial charge >= 0.3 is 5.69 Å². The Kier molecular flexibility index (Phi) is 8.56. The van der Waals surface area contributed by atoms with Crippen LogP contribution in [0.3, 0.4) is 0 Å². The molecule has 0 aliphatic rings. The second-order valence-electron chi connectivity index (χ2n) is 5.02. The van der Waals surface area contributed by atoms with Gasteiger partial charge in [-0.2, -0.15) is 0 Å². The zero-order chi connectivity index (χ0) is 16.8. The molecule has 0 bridgehead atoms. The molecule has 0 saturated heterocycles. The molecule has 7 nitrogen and oxygen atoms in total.